The van der Waals surface area contributed by atoms with Gasteiger partial charge in [0.05, 0.1) is 18.2 Å². The second kappa shape index (κ2) is 10.3. The predicted octanol–water partition coefficient (Wildman–Crippen LogP) is 2.70. The Balaban J connectivity index is 1.33. The summed E-state index contributed by atoms with van der Waals surface area (Å²) in [6.07, 6.45) is 9.98. The van der Waals surface area contributed by atoms with Crippen LogP contribution in [0.3, 0.4) is 0 Å². The molecule has 4 rings (SSSR count). The van der Waals surface area contributed by atoms with Crippen molar-refractivity contribution in [3.05, 3.63) is 66.5 Å². The highest BCUT2D eigenvalue weighted by atomic mass is 16.5. The summed E-state index contributed by atoms with van der Waals surface area (Å²) in [5, 5.41) is 7.33. The van der Waals surface area contributed by atoms with Gasteiger partial charge in [-0.05, 0) is 43.7 Å². The van der Waals surface area contributed by atoms with Gasteiger partial charge in [0, 0.05) is 62.7 Å². The van der Waals surface area contributed by atoms with Crippen molar-refractivity contribution in [2.45, 2.75) is 25.8 Å². The lowest BCUT2D eigenvalue weighted by atomic mass is 9.96. The molecule has 1 fully saturated rings. The fourth-order valence-corrected chi connectivity index (χ4v) is 3.85. The van der Waals surface area contributed by atoms with Crippen molar-refractivity contribution in [2.75, 3.05) is 32.1 Å². The quantitative estimate of drug-likeness (QED) is 0.603. The molecule has 1 atom stereocenters. The number of amides is 1. The van der Waals surface area contributed by atoms with Gasteiger partial charge in [0.2, 0.25) is 5.91 Å². The average Bonchev–Trinajstić information content (AvgIpc) is 3.34. The lowest BCUT2D eigenvalue weighted by Gasteiger charge is -2.31. The number of nitrogens with one attached hydrogen (secondary N) is 1. The van der Waals surface area contributed by atoms with Crippen molar-refractivity contribution < 1.29 is 9.53 Å². The molecular formula is C23H28N6O2. The Morgan fingerprint density at radius 3 is 2.90 bits per heavy atom. The molecule has 3 heterocycles. The Morgan fingerprint density at radius 1 is 1.26 bits per heavy atom. The van der Waals surface area contributed by atoms with Gasteiger partial charge in [-0.1, -0.05) is 6.07 Å². The summed E-state index contributed by atoms with van der Waals surface area (Å²) in [5.74, 6) is 0.816. The zero-order valence-electron chi connectivity index (χ0n) is 17.8. The molecule has 1 aliphatic rings. The number of hydrogen-bond acceptors (Lipinski definition) is 6. The van der Waals surface area contributed by atoms with Crippen LogP contribution < -0.4 is 5.32 Å². The van der Waals surface area contributed by atoms with Crippen LogP contribution in [0.5, 0.6) is 0 Å². The van der Waals surface area contributed by atoms with Crippen molar-refractivity contribution in [1.82, 2.24) is 24.6 Å². The largest absolute Gasteiger partial charge is 0.384 e. The molecule has 0 radical (unpaired) electrons. The second-order valence-electron chi connectivity index (χ2n) is 7.81. The number of ether oxygens (including phenoxy) is 1. The average molecular weight is 421 g/mol. The van der Waals surface area contributed by atoms with E-state index in [1.807, 2.05) is 48.9 Å². The van der Waals surface area contributed by atoms with Crippen LogP contribution in [0.25, 0.3) is 5.69 Å². The van der Waals surface area contributed by atoms with Gasteiger partial charge in [0.15, 0.2) is 0 Å². The fourth-order valence-electron chi connectivity index (χ4n) is 3.85. The number of aromatic nitrogens is 4. The van der Waals surface area contributed by atoms with E-state index < -0.39 is 0 Å². The number of carbonyl (C=O) groups excluding carboxylic acids is 1. The molecule has 2 aromatic heterocycles. The minimum absolute atomic E-state index is 0.0380. The number of hydrogen-bond donors (Lipinski definition) is 1. The first-order valence-corrected chi connectivity index (χ1v) is 10.6. The Bertz CT molecular complexity index is 974. The van der Waals surface area contributed by atoms with E-state index in [-0.39, 0.29) is 11.8 Å². The van der Waals surface area contributed by atoms with E-state index in [9.17, 15) is 4.79 Å². The van der Waals surface area contributed by atoms with E-state index in [4.69, 9.17) is 4.74 Å². The topological polar surface area (TPSA) is 85.2 Å². The van der Waals surface area contributed by atoms with Crippen LogP contribution in [0.2, 0.25) is 0 Å². The molecule has 162 valence electrons. The molecule has 1 aromatic carbocycles. The predicted molar refractivity (Wildman–Crippen MR) is 118 cm³/mol. The lowest BCUT2D eigenvalue weighted by molar-refractivity contribution is -0.121. The monoisotopic (exact) mass is 420 g/mol. The van der Waals surface area contributed by atoms with Crippen molar-refractivity contribution in [2.24, 2.45) is 5.92 Å². The molecule has 1 saturated heterocycles. The summed E-state index contributed by atoms with van der Waals surface area (Å²) in [7, 11) is 1.67. The summed E-state index contributed by atoms with van der Waals surface area (Å²) < 4.78 is 6.85. The number of nitrogens with zero attached hydrogens (tertiary/aromatic N) is 5. The molecule has 31 heavy (non-hydrogen) atoms. The number of benzene rings is 1. The van der Waals surface area contributed by atoms with Crippen molar-refractivity contribution in [1.29, 1.82) is 0 Å². The Kier molecular flexibility index (Phi) is 7.01. The Labute approximate surface area is 182 Å². The van der Waals surface area contributed by atoms with Gasteiger partial charge in [-0.2, -0.15) is 5.10 Å². The summed E-state index contributed by atoms with van der Waals surface area (Å²) >= 11 is 0. The molecule has 8 nitrogen and oxygen atoms in total. The molecular weight excluding hydrogens is 392 g/mol. The van der Waals surface area contributed by atoms with E-state index in [1.54, 1.807) is 18.0 Å². The maximum absolute atomic E-state index is 12.9. The van der Waals surface area contributed by atoms with Gasteiger partial charge < -0.3 is 10.1 Å². The SMILES string of the molecule is COCCc1ncc(CN2CCCC(C(=O)Nc3cccc(-n4cccn4)c3)C2)cn1. The smallest absolute Gasteiger partial charge is 0.228 e. The van der Waals surface area contributed by atoms with E-state index in [0.717, 1.165) is 55.2 Å². The molecule has 0 saturated carbocycles. The zero-order chi connectivity index (χ0) is 21.5. The number of likely N-dealkylation sites (tertiary alicyclic amines) is 1. The minimum atomic E-state index is -0.0380. The molecule has 0 bridgehead atoms. The van der Waals surface area contributed by atoms with E-state index in [1.165, 1.54) is 0 Å². The standard InChI is InChI=1S/C23H28N6O2/c1-31-12-8-22-24-14-18(15-25-22)16-28-10-3-5-19(17-28)23(30)27-20-6-2-7-21(13-20)29-11-4-9-26-29/h2,4,6-7,9,11,13-15,19H,3,5,8,10,12,16-17H2,1H3,(H,27,30). The van der Waals surface area contributed by atoms with Gasteiger partial charge in [0.1, 0.15) is 5.82 Å². The summed E-state index contributed by atoms with van der Waals surface area (Å²) in [6.45, 7) is 3.08. The first-order chi connectivity index (χ1) is 15.2. The molecule has 1 unspecified atom stereocenters. The van der Waals surface area contributed by atoms with Gasteiger partial charge in [0.25, 0.3) is 0 Å². The second-order valence-corrected chi connectivity index (χ2v) is 7.81. The lowest BCUT2D eigenvalue weighted by Crippen LogP contribution is -2.40. The van der Waals surface area contributed by atoms with Crippen LogP contribution >= 0.6 is 0 Å². The minimum Gasteiger partial charge on any atom is -0.384 e. The maximum atomic E-state index is 12.9. The molecule has 1 N–H and O–H groups in total. The first-order valence-electron chi connectivity index (χ1n) is 10.6. The summed E-state index contributed by atoms with van der Waals surface area (Å²) in [4.78, 5) is 24.1. The third-order valence-corrected chi connectivity index (χ3v) is 5.45. The normalized spacial score (nSPS) is 16.9. The van der Waals surface area contributed by atoms with Crippen LogP contribution in [-0.2, 0) is 22.5 Å². The summed E-state index contributed by atoms with van der Waals surface area (Å²) in [5.41, 5.74) is 2.77. The number of carbonyl (C=O) groups is 1. The highest BCUT2D eigenvalue weighted by molar-refractivity contribution is 5.93. The van der Waals surface area contributed by atoms with E-state index in [2.05, 4.69) is 25.3 Å². The van der Waals surface area contributed by atoms with Gasteiger partial charge in [-0.3, -0.25) is 9.69 Å². The first kappa shape index (κ1) is 21.1. The van der Waals surface area contributed by atoms with Gasteiger partial charge in [-0.25, -0.2) is 14.6 Å². The van der Waals surface area contributed by atoms with Crippen LogP contribution in [0.15, 0.2) is 55.1 Å². The zero-order valence-corrected chi connectivity index (χ0v) is 17.8. The number of anilines is 1. The van der Waals surface area contributed by atoms with Crippen LogP contribution in [0, 0.1) is 5.92 Å². The summed E-state index contributed by atoms with van der Waals surface area (Å²) in [6, 6.07) is 9.62. The van der Waals surface area contributed by atoms with Crippen LogP contribution in [0.1, 0.15) is 24.2 Å². The molecule has 3 aromatic rings. The number of piperidine rings is 1. The number of methoxy groups -OCH3 is 1. The van der Waals surface area contributed by atoms with Crippen molar-refractivity contribution in [3.63, 3.8) is 0 Å². The van der Waals surface area contributed by atoms with Gasteiger partial charge in [-0.15, -0.1) is 0 Å². The molecule has 0 aliphatic carbocycles. The van der Waals surface area contributed by atoms with Crippen LogP contribution in [-0.4, -0.2) is 57.4 Å². The van der Waals surface area contributed by atoms with E-state index >= 15 is 0 Å². The third-order valence-electron chi connectivity index (χ3n) is 5.45. The molecule has 1 aliphatic heterocycles. The van der Waals surface area contributed by atoms with E-state index in [0.29, 0.717) is 13.0 Å². The third kappa shape index (κ3) is 5.74. The van der Waals surface area contributed by atoms with Crippen molar-refractivity contribution in [3.8, 4) is 5.69 Å². The molecule has 1 amide bonds. The Morgan fingerprint density at radius 2 is 2.13 bits per heavy atom. The molecule has 0 spiro atoms. The molecule has 8 heteroatoms. The highest BCUT2D eigenvalue weighted by Crippen LogP contribution is 2.21. The fraction of sp³-hybridized carbons (Fsp3) is 0.391. The van der Waals surface area contributed by atoms with Crippen molar-refractivity contribution >= 4 is 11.6 Å². The maximum Gasteiger partial charge on any atom is 0.228 e. The number of rotatable bonds is 8. The Hall–Kier alpha value is -3.10. The van der Waals surface area contributed by atoms with Gasteiger partial charge >= 0.3 is 0 Å². The highest BCUT2D eigenvalue weighted by Gasteiger charge is 2.26. The van der Waals surface area contributed by atoms with Crippen LogP contribution in [0.4, 0.5) is 5.69 Å².